The van der Waals surface area contributed by atoms with Gasteiger partial charge < -0.3 is 14.6 Å². The van der Waals surface area contributed by atoms with Crippen LogP contribution in [0.4, 0.5) is 0 Å². The van der Waals surface area contributed by atoms with Gasteiger partial charge in [-0.1, -0.05) is 6.42 Å². The summed E-state index contributed by atoms with van der Waals surface area (Å²) in [7, 11) is 0. The molecule has 1 N–H and O–H groups in total. The molecule has 1 saturated heterocycles. The number of carbonyl (C=O) groups excluding carboxylic acids is 1. The summed E-state index contributed by atoms with van der Waals surface area (Å²) in [6, 6.07) is 8.09. The van der Waals surface area contributed by atoms with Gasteiger partial charge in [0.1, 0.15) is 5.52 Å². The van der Waals surface area contributed by atoms with Gasteiger partial charge in [0.25, 0.3) is 5.56 Å². The van der Waals surface area contributed by atoms with Crippen molar-refractivity contribution in [3.8, 4) is 0 Å². The SMILES string of the molecule is C[C@H]1CCCCN1CCCNC(=O)CCn1c(=O)c2cccn2c2cccnc21. The van der Waals surface area contributed by atoms with E-state index in [-0.39, 0.29) is 17.9 Å². The van der Waals surface area contributed by atoms with Gasteiger partial charge in [-0.3, -0.25) is 14.2 Å². The number of pyridine rings is 1. The van der Waals surface area contributed by atoms with Crippen molar-refractivity contribution in [3.63, 3.8) is 0 Å². The molecule has 3 aromatic rings. The van der Waals surface area contributed by atoms with Gasteiger partial charge in [-0.25, -0.2) is 4.98 Å². The second-order valence-electron chi connectivity index (χ2n) is 7.90. The molecule has 29 heavy (non-hydrogen) atoms. The van der Waals surface area contributed by atoms with Crippen LogP contribution < -0.4 is 10.9 Å². The minimum Gasteiger partial charge on any atom is -0.356 e. The van der Waals surface area contributed by atoms with Gasteiger partial charge in [-0.2, -0.15) is 0 Å². The van der Waals surface area contributed by atoms with E-state index in [0.29, 0.717) is 30.3 Å². The smallest absolute Gasteiger partial charge is 0.276 e. The Morgan fingerprint density at radius 1 is 1.21 bits per heavy atom. The van der Waals surface area contributed by atoms with Gasteiger partial charge in [0.2, 0.25) is 5.91 Å². The number of nitrogens with zero attached hydrogens (tertiary/aromatic N) is 4. The number of likely N-dealkylation sites (tertiary alicyclic amines) is 1. The summed E-state index contributed by atoms with van der Waals surface area (Å²) in [4.78, 5) is 32.1. The Morgan fingerprint density at radius 3 is 2.93 bits per heavy atom. The number of hydrogen-bond donors (Lipinski definition) is 1. The van der Waals surface area contributed by atoms with E-state index in [9.17, 15) is 9.59 Å². The van der Waals surface area contributed by atoms with Crippen LogP contribution in [0.25, 0.3) is 16.7 Å². The molecule has 0 saturated carbocycles. The third-order valence-corrected chi connectivity index (χ3v) is 5.94. The fourth-order valence-corrected chi connectivity index (χ4v) is 4.29. The van der Waals surface area contributed by atoms with Crippen LogP contribution >= 0.6 is 0 Å². The number of nitrogens with one attached hydrogen (secondary N) is 1. The van der Waals surface area contributed by atoms with E-state index in [4.69, 9.17) is 0 Å². The molecule has 7 nitrogen and oxygen atoms in total. The van der Waals surface area contributed by atoms with Gasteiger partial charge in [-0.05, 0) is 57.0 Å². The van der Waals surface area contributed by atoms with Crippen molar-refractivity contribution in [2.45, 2.75) is 51.6 Å². The molecule has 154 valence electrons. The van der Waals surface area contributed by atoms with Crippen LogP contribution in [0.15, 0.2) is 41.5 Å². The Bertz CT molecular complexity index is 1050. The van der Waals surface area contributed by atoms with E-state index >= 15 is 0 Å². The van der Waals surface area contributed by atoms with Crippen LogP contribution in [-0.2, 0) is 11.3 Å². The van der Waals surface area contributed by atoms with Crippen LogP contribution in [0.2, 0.25) is 0 Å². The topological polar surface area (TPSA) is 71.6 Å². The molecule has 1 amide bonds. The highest BCUT2D eigenvalue weighted by Crippen LogP contribution is 2.16. The third kappa shape index (κ3) is 4.19. The zero-order valence-corrected chi connectivity index (χ0v) is 17.0. The summed E-state index contributed by atoms with van der Waals surface area (Å²) >= 11 is 0. The number of aryl methyl sites for hydroxylation is 1. The molecular weight excluding hydrogens is 366 g/mol. The Hall–Kier alpha value is -2.67. The van der Waals surface area contributed by atoms with E-state index in [1.165, 1.54) is 25.8 Å². The van der Waals surface area contributed by atoms with Crippen molar-refractivity contribution in [1.29, 1.82) is 0 Å². The molecule has 0 aromatic carbocycles. The van der Waals surface area contributed by atoms with Gasteiger partial charge in [0.05, 0.1) is 5.52 Å². The van der Waals surface area contributed by atoms with E-state index in [1.54, 1.807) is 16.8 Å². The Labute approximate surface area is 170 Å². The highest BCUT2D eigenvalue weighted by molar-refractivity contribution is 5.77. The zero-order valence-electron chi connectivity index (χ0n) is 17.0. The molecule has 0 radical (unpaired) electrons. The molecule has 1 atom stereocenters. The molecule has 1 aliphatic rings. The standard InChI is InChI=1S/C22H29N5O2/c1-17-7-2-3-13-25(17)14-6-12-23-20(28)10-16-27-21-18(8-4-11-24-21)26-15-5-9-19(26)22(27)29/h4-5,8-9,11,15,17H,2-3,6-7,10,12-14,16H2,1H3,(H,23,28)/t17-/m0/s1. The molecule has 1 fully saturated rings. The first-order valence-corrected chi connectivity index (χ1v) is 10.6. The van der Waals surface area contributed by atoms with Crippen LogP contribution in [-0.4, -0.2) is 50.4 Å². The normalized spacial score (nSPS) is 17.8. The van der Waals surface area contributed by atoms with Crippen molar-refractivity contribution >= 4 is 22.6 Å². The summed E-state index contributed by atoms with van der Waals surface area (Å²) in [6.07, 6.45) is 8.64. The van der Waals surface area contributed by atoms with E-state index in [1.807, 2.05) is 28.8 Å². The fourth-order valence-electron chi connectivity index (χ4n) is 4.29. The lowest BCUT2D eigenvalue weighted by Gasteiger charge is -2.33. The molecule has 3 aromatic heterocycles. The molecule has 0 bridgehead atoms. The second kappa shape index (κ2) is 8.78. The first-order valence-electron chi connectivity index (χ1n) is 10.6. The maximum absolute atomic E-state index is 12.8. The predicted octanol–water partition coefficient (Wildman–Crippen LogP) is 2.42. The number of fused-ring (bicyclic) bond motifs is 3. The number of rotatable bonds is 7. The first-order chi connectivity index (χ1) is 14.1. The van der Waals surface area contributed by atoms with Crippen molar-refractivity contribution in [2.24, 2.45) is 0 Å². The molecule has 0 spiro atoms. The zero-order chi connectivity index (χ0) is 20.2. The van der Waals surface area contributed by atoms with Gasteiger partial charge >= 0.3 is 0 Å². The molecule has 7 heteroatoms. The van der Waals surface area contributed by atoms with Crippen molar-refractivity contribution in [2.75, 3.05) is 19.6 Å². The molecule has 4 rings (SSSR count). The highest BCUT2D eigenvalue weighted by Gasteiger charge is 2.17. The minimum absolute atomic E-state index is 0.0251. The van der Waals surface area contributed by atoms with E-state index in [2.05, 4.69) is 22.1 Å². The molecule has 4 heterocycles. The second-order valence-corrected chi connectivity index (χ2v) is 7.90. The maximum Gasteiger partial charge on any atom is 0.276 e. The number of piperidine rings is 1. The van der Waals surface area contributed by atoms with Crippen LogP contribution in [0.3, 0.4) is 0 Å². The van der Waals surface area contributed by atoms with Crippen LogP contribution in [0.5, 0.6) is 0 Å². The van der Waals surface area contributed by atoms with Crippen molar-refractivity contribution in [1.82, 2.24) is 24.2 Å². The molecule has 1 aliphatic heterocycles. The summed E-state index contributed by atoms with van der Waals surface area (Å²) < 4.78 is 3.46. The van der Waals surface area contributed by atoms with Gasteiger partial charge in [0, 0.05) is 44.5 Å². The Balaban J connectivity index is 1.35. The summed E-state index contributed by atoms with van der Waals surface area (Å²) in [5.74, 6) is -0.0251. The molecule has 0 aliphatic carbocycles. The van der Waals surface area contributed by atoms with Gasteiger partial charge in [-0.15, -0.1) is 0 Å². The Kier molecular flexibility index (Phi) is 5.94. The number of hydrogen-bond acceptors (Lipinski definition) is 4. The third-order valence-electron chi connectivity index (χ3n) is 5.94. The summed E-state index contributed by atoms with van der Waals surface area (Å²) in [5.41, 5.74) is 1.95. The quantitative estimate of drug-likeness (QED) is 0.624. The van der Waals surface area contributed by atoms with Crippen LogP contribution in [0, 0.1) is 0 Å². The fraction of sp³-hybridized carbons (Fsp3) is 0.500. The molecular formula is C22H29N5O2. The van der Waals surface area contributed by atoms with Crippen molar-refractivity contribution < 1.29 is 4.79 Å². The highest BCUT2D eigenvalue weighted by atomic mass is 16.2. The summed E-state index contributed by atoms with van der Waals surface area (Å²) in [5, 5.41) is 3.00. The number of carbonyl (C=O) groups is 1. The van der Waals surface area contributed by atoms with Crippen molar-refractivity contribution in [3.05, 3.63) is 47.0 Å². The Morgan fingerprint density at radius 2 is 2.07 bits per heavy atom. The van der Waals surface area contributed by atoms with Crippen LogP contribution in [0.1, 0.15) is 39.0 Å². The van der Waals surface area contributed by atoms with E-state index in [0.717, 1.165) is 18.5 Å². The van der Waals surface area contributed by atoms with Gasteiger partial charge in [0.15, 0.2) is 5.65 Å². The first kappa shape index (κ1) is 19.6. The largest absolute Gasteiger partial charge is 0.356 e. The lowest BCUT2D eigenvalue weighted by molar-refractivity contribution is -0.121. The lowest BCUT2D eigenvalue weighted by atomic mass is 10.0. The summed E-state index contributed by atoms with van der Waals surface area (Å²) in [6.45, 7) is 5.48. The maximum atomic E-state index is 12.8. The number of amides is 1. The minimum atomic E-state index is -0.118. The lowest BCUT2D eigenvalue weighted by Crippen LogP contribution is -2.39. The monoisotopic (exact) mass is 395 g/mol. The number of aromatic nitrogens is 3. The van der Waals surface area contributed by atoms with E-state index < -0.39 is 0 Å². The predicted molar refractivity (Wildman–Crippen MR) is 114 cm³/mol. The average molecular weight is 396 g/mol. The average Bonchev–Trinajstić information content (AvgIpc) is 3.23. The molecule has 0 unspecified atom stereocenters.